The summed E-state index contributed by atoms with van der Waals surface area (Å²) in [6.07, 6.45) is 7.43. The number of ether oxygens (including phenoxy) is 3. The lowest BCUT2D eigenvalue weighted by Gasteiger charge is -2.31. The van der Waals surface area contributed by atoms with Gasteiger partial charge in [-0.05, 0) is 60.4 Å². The molecule has 3 heterocycles. The second-order valence-electron chi connectivity index (χ2n) is 11.2. The fourth-order valence-corrected chi connectivity index (χ4v) is 5.44. The van der Waals surface area contributed by atoms with Crippen LogP contribution in [0.15, 0.2) is 65.3 Å². The number of aryl methyl sites for hydroxylation is 1. The number of nitrogens with zero attached hydrogens (tertiary/aromatic N) is 3. The van der Waals surface area contributed by atoms with E-state index >= 15 is 0 Å². The molecular formula is C34H43N3O6. The van der Waals surface area contributed by atoms with Crippen molar-refractivity contribution in [1.29, 1.82) is 0 Å². The molecule has 5 rings (SSSR count). The van der Waals surface area contributed by atoms with Crippen LogP contribution in [0.4, 0.5) is 0 Å². The lowest BCUT2D eigenvalue weighted by atomic mass is 10.0. The highest BCUT2D eigenvalue weighted by atomic mass is 16.7. The molecule has 0 atom stereocenters. The molecule has 0 N–H and O–H groups in total. The van der Waals surface area contributed by atoms with E-state index in [-0.39, 0.29) is 25.2 Å². The number of carbonyl (C=O) groups excluding carboxylic acids is 2. The van der Waals surface area contributed by atoms with E-state index in [9.17, 15) is 9.59 Å². The van der Waals surface area contributed by atoms with Crippen molar-refractivity contribution in [2.75, 3.05) is 52.7 Å². The van der Waals surface area contributed by atoms with Gasteiger partial charge in [0.2, 0.25) is 12.7 Å². The number of rotatable bonds is 15. The first kappa shape index (κ1) is 30.6. The van der Waals surface area contributed by atoms with Crippen molar-refractivity contribution in [2.24, 2.45) is 0 Å². The van der Waals surface area contributed by atoms with Crippen molar-refractivity contribution >= 4 is 11.8 Å². The van der Waals surface area contributed by atoms with Crippen LogP contribution in [0.5, 0.6) is 11.5 Å². The van der Waals surface area contributed by atoms with Crippen LogP contribution < -0.4 is 9.47 Å². The van der Waals surface area contributed by atoms with Crippen molar-refractivity contribution in [2.45, 2.75) is 52.1 Å². The monoisotopic (exact) mass is 589 g/mol. The standard InChI is InChI=1S/C34H43N3O6/c1-2-3-4-5-7-27-9-12-29(13-10-27)34(39)36(16-15-35-17-20-40-21-18-35)25-33(38)37(24-30-8-6-19-41-30)23-28-11-14-31-32(22-28)43-26-42-31/h6,8-14,19,22H,2-5,7,15-18,20-21,23-26H2,1H3. The molecule has 3 aromatic rings. The molecule has 2 aliphatic heterocycles. The quantitative estimate of drug-likeness (QED) is 0.227. The molecule has 2 aliphatic rings. The van der Waals surface area contributed by atoms with Gasteiger partial charge in [0.05, 0.1) is 26.0 Å². The lowest BCUT2D eigenvalue weighted by Crippen LogP contribution is -2.47. The first-order chi connectivity index (χ1) is 21.1. The Bertz CT molecular complexity index is 1300. The van der Waals surface area contributed by atoms with Gasteiger partial charge < -0.3 is 28.4 Å². The fraction of sp³-hybridized carbons (Fsp3) is 0.471. The number of fused-ring (bicyclic) bond motifs is 1. The molecule has 43 heavy (non-hydrogen) atoms. The molecule has 0 saturated carbocycles. The first-order valence-corrected chi connectivity index (χ1v) is 15.5. The average Bonchev–Trinajstić information content (AvgIpc) is 3.73. The van der Waals surface area contributed by atoms with Gasteiger partial charge in [-0.2, -0.15) is 0 Å². The third kappa shape index (κ3) is 8.84. The van der Waals surface area contributed by atoms with E-state index in [1.807, 2.05) is 54.6 Å². The maximum atomic E-state index is 13.9. The molecule has 0 bridgehead atoms. The molecular weight excluding hydrogens is 546 g/mol. The number of benzene rings is 2. The number of amides is 2. The molecule has 1 fully saturated rings. The van der Waals surface area contributed by atoms with Gasteiger partial charge in [-0.3, -0.25) is 14.5 Å². The summed E-state index contributed by atoms with van der Waals surface area (Å²) in [6, 6.07) is 17.2. The molecule has 0 spiro atoms. The summed E-state index contributed by atoms with van der Waals surface area (Å²) in [6.45, 7) is 7.12. The number of unbranched alkanes of at least 4 members (excludes halogenated alkanes) is 3. The molecule has 1 saturated heterocycles. The predicted molar refractivity (Wildman–Crippen MR) is 163 cm³/mol. The average molecular weight is 590 g/mol. The fourth-order valence-electron chi connectivity index (χ4n) is 5.44. The van der Waals surface area contributed by atoms with Crippen LogP contribution in [0.3, 0.4) is 0 Å². The molecule has 0 radical (unpaired) electrons. The molecule has 0 aliphatic carbocycles. The number of hydrogen-bond acceptors (Lipinski definition) is 7. The van der Waals surface area contributed by atoms with Crippen LogP contribution in [-0.2, 0) is 29.0 Å². The summed E-state index contributed by atoms with van der Waals surface area (Å²) in [4.78, 5) is 33.5. The van der Waals surface area contributed by atoms with Crippen LogP contribution in [0.1, 0.15) is 59.9 Å². The number of carbonyl (C=O) groups is 2. The topological polar surface area (TPSA) is 84.7 Å². The van der Waals surface area contributed by atoms with Crippen molar-refractivity contribution in [3.8, 4) is 11.5 Å². The van der Waals surface area contributed by atoms with Crippen LogP contribution >= 0.6 is 0 Å². The summed E-state index contributed by atoms with van der Waals surface area (Å²) in [7, 11) is 0. The van der Waals surface area contributed by atoms with Gasteiger partial charge in [-0.1, -0.05) is 44.4 Å². The molecule has 2 aromatic carbocycles. The summed E-state index contributed by atoms with van der Waals surface area (Å²) >= 11 is 0. The van der Waals surface area contributed by atoms with E-state index in [0.717, 1.165) is 31.5 Å². The predicted octanol–water partition coefficient (Wildman–Crippen LogP) is 5.13. The van der Waals surface area contributed by atoms with E-state index in [1.54, 1.807) is 16.1 Å². The van der Waals surface area contributed by atoms with E-state index in [0.29, 0.717) is 62.2 Å². The molecule has 1 aromatic heterocycles. The number of furan rings is 1. The van der Waals surface area contributed by atoms with Gasteiger partial charge in [0.1, 0.15) is 12.3 Å². The van der Waals surface area contributed by atoms with Crippen LogP contribution in [0.2, 0.25) is 0 Å². The largest absolute Gasteiger partial charge is 0.467 e. The normalized spacial score (nSPS) is 14.5. The Kier molecular flexibility index (Phi) is 11.1. The van der Waals surface area contributed by atoms with Crippen LogP contribution in [0, 0.1) is 0 Å². The zero-order chi connectivity index (χ0) is 29.9. The molecule has 9 heteroatoms. The maximum Gasteiger partial charge on any atom is 0.254 e. The minimum absolute atomic E-state index is 0.0345. The Morgan fingerprint density at radius 2 is 1.65 bits per heavy atom. The molecule has 2 amide bonds. The second kappa shape index (κ2) is 15.6. The van der Waals surface area contributed by atoms with Crippen molar-refractivity contribution < 1.29 is 28.2 Å². The Morgan fingerprint density at radius 3 is 2.42 bits per heavy atom. The zero-order valence-corrected chi connectivity index (χ0v) is 25.2. The van der Waals surface area contributed by atoms with E-state index < -0.39 is 0 Å². The van der Waals surface area contributed by atoms with Gasteiger partial charge >= 0.3 is 0 Å². The van der Waals surface area contributed by atoms with Crippen LogP contribution in [-0.4, -0.2) is 79.2 Å². The maximum absolute atomic E-state index is 13.9. The zero-order valence-electron chi connectivity index (χ0n) is 25.2. The van der Waals surface area contributed by atoms with Gasteiger partial charge in [-0.15, -0.1) is 0 Å². The highest BCUT2D eigenvalue weighted by molar-refractivity contribution is 5.96. The van der Waals surface area contributed by atoms with Gasteiger partial charge in [0.25, 0.3) is 5.91 Å². The van der Waals surface area contributed by atoms with Gasteiger partial charge in [0, 0.05) is 38.3 Å². The molecule has 9 nitrogen and oxygen atoms in total. The van der Waals surface area contributed by atoms with Gasteiger partial charge in [0.15, 0.2) is 11.5 Å². The third-order valence-electron chi connectivity index (χ3n) is 8.01. The minimum atomic E-state index is -0.156. The Balaban J connectivity index is 1.30. The van der Waals surface area contributed by atoms with Gasteiger partial charge in [-0.25, -0.2) is 0 Å². The SMILES string of the molecule is CCCCCCc1ccc(C(=O)N(CCN2CCOCC2)CC(=O)N(Cc2ccc3c(c2)OCO3)Cc2ccco2)cc1. The second-order valence-corrected chi connectivity index (χ2v) is 11.2. The smallest absolute Gasteiger partial charge is 0.254 e. The Morgan fingerprint density at radius 1 is 0.860 bits per heavy atom. The minimum Gasteiger partial charge on any atom is -0.467 e. The first-order valence-electron chi connectivity index (χ1n) is 15.5. The lowest BCUT2D eigenvalue weighted by molar-refractivity contribution is -0.133. The highest BCUT2D eigenvalue weighted by Crippen LogP contribution is 2.33. The van der Waals surface area contributed by atoms with Crippen molar-refractivity contribution in [3.63, 3.8) is 0 Å². The Hall–Kier alpha value is -3.82. The van der Waals surface area contributed by atoms with E-state index in [1.165, 1.54) is 24.8 Å². The van der Waals surface area contributed by atoms with E-state index in [4.69, 9.17) is 18.6 Å². The summed E-state index contributed by atoms with van der Waals surface area (Å²) in [5.74, 6) is 1.74. The van der Waals surface area contributed by atoms with Crippen LogP contribution in [0.25, 0.3) is 0 Å². The van der Waals surface area contributed by atoms with Crippen molar-refractivity contribution in [1.82, 2.24) is 14.7 Å². The summed E-state index contributed by atoms with van der Waals surface area (Å²) in [5, 5.41) is 0. The highest BCUT2D eigenvalue weighted by Gasteiger charge is 2.25. The Labute approximate surface area is 254 Å². The number of morpholine rings is 1. The van der Waals surface area contributed by atoms with E-state index in [2.05, 4.69) is 11.8 Å². The number of hydrogen-bond donors (Lipinski definition) is 0. The van der Waals surface area contributed by atoms with Crippen molar-refractivity contribution in [3.05, 3.63) is 83.3 Å². The summed E-state index contributed by atoms with van der Waals surface area (Å²) in [5.41, 5.74) is 2.74. The summed E-state index contributed by atoms with van der Waals surface area (Å²) < 4.78 is 22.1. The molecule has 230 valence electrons. The third-order valence-corrected chi connectivity index (χ3v) is 8.01. The molecule has 0 unspecified atom stereocenters.